The summed E-state index contributed by atoms with van der Waals surface area (Å²) in [5.74, 6) is 0. The molecule has 0 radical (unpaired) electrons. The van der Waals surface area contributed by atoms with Crippen molar-refractivity contribution in [1.29, 1.82) is 0 Å². The fourth-order valence-corrected chi connectivity index (χ4v) is 3.14. The molecule has 1 saturated heterocycles. The van der Waals surface area contributed by atoms with Crippen LogP contribution in [0.3, 0.4) is 0 Å². The minimum Gasteiger partial charge on any atom is -0.385 e. The Morgan fingerprint density at radius 2 is 1.48 bits per heavy atom. The normalized spacial score (nSPS) is 25.0. The number of halogens is 2. The van der Waals surface area contributed by atoms with Crippen LogP contribution in [-0.4, -0.2) is 43.4 Å². The lowest BCUT2D eigenvalue weighted by Gasteiger charge is -2.21. The molecule has 0 bridgehead atoms. The highest BCUT2D eigenvalue weighted by Gasteiger charge is 2.44. The van der Waals surface area contributed by atoms with Gasteiger partial charge in [0.1, 0.15) is 18.3 Å². The monoisotopic (exact) mass is 412 g/mol. The number of methoxy groups -OCH3 is 1. The predicted octanol–water partition coefficient (Wildman–Crippen LogP) is 3.83. The Kier molecular flexibility index (Phi) is 7.49. The van der Waals surface area contributed by atoms with E-state index in [9.17, 15) is 5.11 Å². The zero-order valence-corrected chi connectivity index (χ0v) is 16.4. The van der Waals surface area contributed by atoms with Gasteiger partial charge < -0.3 is 24.1 Å². The van der Waals surface area contributed by atoms with Gasteiger partial charge in [-0.05, 0) is 35.4 Å². The van der Waals surface area contributed by atoms with Gasteiger partial charge in [-0.25, -0.2) is 0 Å². The quantitative estimate of drug-likeness (QED) is 0.713. The number of ether oxygens (including phenoxy) is 4. The van der Waals surface area contributed by atoms with Crippen LogP contribution in [0.1, 0.15) is 11.1 Å². The van der Waals surface area contributed by atoms with Crippen molar-refractivity contribution >= 4 is 23.2 Å². The lowest BCUT2D eigenvalue weighted by atomic mass is 10.1. The number of hydrogen-bond acceptors (Lipinski definition) is 5. The molecule has 1 aliphatic rings. The molecule has 146 valence electrons. The van der Waals surface area contributed by atoms with Crippen LogP contribution >= 0.6 is 23.2 Å². The van der Waals surface area contributed by atoms with Crippen molar-refractivity contribution < 1.29 is 24.1 Å². The number of aliphatic hydroxyl groups excluding tert-OH is 1. The van der Waals surface area contributed by atoms with E-state index in [2.05, 4.69) is 0 Å². The molecule has 0 aromatic heterocycles. The van der Waals surface area contributed by atoms with Gasteiger partial charge in [-0.3, -0.25) is 0 Å². The molecule has 0 aliphatic carbocycles. The summed E-state index contributed by atoms with van der Waals surface area (Å²) in [6, 6.07) is 14.8. The number of aliphatic hydroxyl groups is 1. The second kappa shape index (κ2) is 9.85. The van der Waals surface area contributed by atoms with Crippen molar-refractivity contribution in [3.05, 3.63) is 69.7 Å². The van der Waals surface area contributed by atoms with E-state index in [0.717, 1.165) is 11.1 Å². The number of hydrogen-bond donors (Lipinski definition) is 1. The highest BCUT2D eigenvalue weighted by molar-refractivity contribution is 6.30. The lowest BCUT2D eigenvalue weighted by molar-refractivity contribution is -0.156. The third kappa shape index (κ3) is 5.65. The minimum atomic E-state index is -0.897. The molecule has 0 saturated carbocycles. The van der Waals surface area contributed by atoms with Crippen molar-refractivity contribution in [1.82, 2.24) is 0 Å². The predicted molar refractivity (Wildman–Crippen MR) is 103 cm³/mol. The molecule has 2 aromatic rings. The standard InChI is InChI=1S/C20H22Cl2O5/c1-24-20-18(23)19(26-11-14-4-8-16(22)9-5-14)17(27-20)12-25-10-13-2-6-15(21)7-3-13/h2-9,17-20,23H,10-12H2,1H3/t17-,18-,19+,20-/m0/s1. The van der Waals surface area contributed by atoms with Crippen molar-refractivity contribution in [2.24, 2.45) is 0 Å². The Morgan fingerprint density at radius 1 is 0.926 bits per heavy atom. The molecule has 2 aromatic carbocycles. The highest BCUT2D eigenvalue weighted by Crippen LogP contribution is 2.26. The molecule has 1 aliphatic heterocycles. The Hall–Kier alpha value is -1.18. The molecule has 0 amide bonds. The second-order valence-electron chi connectivity index (χ2n) is 6.31. The summed E-state index contributed by atoms with van der Waals surface area (Å²) in [5.41, 5.74) is 1.95. The van der Waals surface area contributed by atoms with Crippen LogP contribution < -0.4 is 0 Å². The fraction of sp³-hybridized carbons (Fsp3) is 0.400. The van der Waals surface area contributed by atoms with Gasteiger partial charge in [-0.15, -0.1) is 0 Å². The molecule has 7 heteroatoms. The Bertz CT molecular complexity index is 707. The fourth-order valence-electron chi connectivity index (χ4n) is 2.89. The third-order valence-corrected chi connectivity index (χ3v) is 4.85. The van der Waals surface area contributed by atoms with Crippen LogP contribution in [0.2, 0.25) is 10.0 Å². The first kappa shape index (κ1) is 20.6. The first-order chi connectivity index (χ1) is 13.1. The van der Waals surface area contributed by atoms with E-state index in [4.69, 9.17) is 42.1 Å². The van der Waals surface area contributed by atoms with Crippen LogP contribution in [0.5, 0.6) is 0 Å². The first-order valence-electron chi connectivity index (χ1n) is 8.61. The molecule has 1 N–H and O–H groups in total. The summed E-state index contributed by atoms with van der Waals surface area (Å²) in [7, 11) is 1.49. The first-order valence-corrected chi connectivity index (χ1v) is 9.37. The summed E-state index contributed by atoms with van der Waals surface area (Å²) in [5, 5.41) is 11.8. The Morgan fingerprint density at radius 3 is 2.04 bits per heavy atom. The van der Waals surface area contributed by atoms with E-state index in [1.165, 1.54) is 7.11 Å². The molecular formula is C20H22Cl2O5. The molecular weight excluding hydrogens is 391 g/mol. The van der Waals surface area contributed by atoms with Crippen LogP contribution in [-0.2, 0) is 32.2 Å². The van der Waals surface area contributed by atoms with Gasteiger partial charge in [-0.2, -0.15) is 0 Å². The molecule has 1 fully saturated rings. The van der Waals surface area contributed by atoms with E-state index < -0.39 is 24.6 Å². The van der Waals surface area contributed by atoms with Crippen molar-refractivity contribution in [2.75, 3.05) is 13.7 Å². The van der Waals surface area contributed by atoms with Gasteiger partial charge >= 0.3 is 0 Å². The minimum absolute atomic E-state index is 0.269. The maximum absolute atomic E-state index is 10.4. The van der Waals surface area contributed by atoms with Crippen LogP contribution in [0.4, 0.5) is 0 Å². The van der Waals surface area contributed by atoms with E-state index in [1.54, 1.807) is 12.1 Å². The molecule has 3 rings (SSSR count). The molecule has 5 nitrogen and oxygen atoms in total. The summed E-state index contributed by atoms with van der Waals surface area (Å²) < 4.78 is 22.6. The maximum Gasteiger partial charge on any atom is 0.186 e. The summed E-state index contributed by atoms with van der Waals surface area (Å²) >= 11 is 11.8. The van der Waals surface area contributed by atoms with Crippen LogP contribution in [0.15, 0.2) is 48.5 Å². The molecule has 27 heavy (non-hydrogen) atoms. The van der Waals surface area contributed by atoms with E-state index >= 15 is 0 Å². The van der Waals surface area contributed by atoms with Gasteiger partial charge in [0.25, 0.3) is 0 Å². The number of rotatable bonds is 8. The average Bonchev–Trinajstić information content (AvgIpc) is 2.98. The van der Waals surface area contributed by atoms with Gasteiger partial charge in [-0.1, -0.05) is 47.5 Å². The molecule has 1 heterocycles. The van der Waals surface area contributed by atoms with Gasteiger partial charge in [0, 0.05) is 17.2 Å². The van der Waals surface area contributed by atoms with Crippen LogP contribution in [0.25, 0.3) is 0 Å². The van der Waals surface area contributed by atoms with Gasteiger partial charge in [0.05, 0.1) is 19.8 Å². The SMILES string of the molecule is CO[C@H]1O[C@@H](COCc2ccc(Cl)cc2)[C@@H](OCc2ccc(Cl)cc2)[C@@H]1O. The molecule has 4 atom stereocenters. The summed E-state index contributed by atoms with van der Waals surface area (Å²) in [6.07, 6.45) is -2.64. The van der Waals surface area contributed by atoms with Crippen molar-refractivity contribution in [2.45, 2.75) is 37.8 Å². The highest BCUT2D eigenvalue weighted by atomic mass is 35.5. The van der Waals surface area contributed by atoms with Crippen LogP contribution in [0, 0.1) is 0 Å². The Labute approximate surface area is 168 Å². The largest absolute Gasteiger partial charge is 0.385 e. The smallest absolute Gasteiger partial charge is 0.186 e. The van der Waals surface area contributed by atoms with Crippen molar-refractivity contribution in [3.63, 3.8) is 0 Å². The van der Waals surface area contributed by atoms with E-state index in [-0.39, 0.29) is 6.61 Å². The Balaban J connectivity index is 1.55. The third-order valence-electron chi connectivity index (χ3n) is 4.34. The average molecular weight is 413 g/mol. The lowest BCUT2D eigenvalue weighted by Crippen LogP contribution is -2.37. The van der Waals surface area contributed by atoms with Gasteiger partial charge in [0.2, 0.25) is 0 Å². The van der Waals surface area contributed by atoms with Gasteiger partial charge in [0.15, 0.2) is 6.29 Å². The zero-order chi connectivity index (χ0) is 19.2. The summed E-state index contributed by atoms with van der Waals surface area (Å²) in [6.45, 7) is 1.01. The zero-order valence-electron chi connectivity index (χ0n) is 14.9. The van der Waals surface area contributed by atoms with Crippen molar-refractivity contribution in [3.8, 4) is 0 Å². The number of benzene rings is 2. The summed E-state index contributed by atoms with van der Waals surface area (Å²) in [4.78, 5) is 0. The topological polar surface area (TPSA) is 57.2 Å². The second-order valence-corrected chi connectivity index (χ2v) is 7.19. The molecule has 0 spiro atoms. The molecule has 0 unspecified atom stereocenters. The van der Waals surface area contributed by atoms with E-state index in [0.29, 0.717) is 23.3 Å². The maximum atomic E-state index is 10.4. The van der Waals surface area contributed by atoms with E-state index in [1.807, 2.05) is 36.4 Å².